The van der Waals surface area contributed by atoms with Crippen molar-refractivity contribution in [2.75, 3.05) is 0 Å². The van der Waals surface area contributed by atoms with E-state index in [1.807, 2.05) is 0 Å². The number of rotatable bonds is 0. The van der Waals surface area contributed by atoms with Crippen LogP contribution in [-0.2, 0) is 14.3 Å². The molecule has 2 saturated heterocycles. The van der Waals surface area contributed by atoms with Gasteiger partial charge in [-0.15, -0.1) is 0 Å². The van der Waals surface area contributed by atoms with Gasteiger partial charge in [0, 0.05) is 6.42 Å². The van der Waals surface area contributed by atoms with Gasteiger partial charge in [0.15, 0.2) is 5.78 Å². The molecule has 2 saturated carbocycles. The molecule has 0 aromatic rings. The lowest BCUT2D eigenvalue weighted by Gasteiger charge is -2.45. The normalized spacial score (nSPS) is 59.2. The fraction of sp³-hybridized carbons (Fsp3) is 0.947. The quantitative estimate of drug-likeness (QED) is 0.697. The van der Waals surface area contributed by atoms with E-state index in [2.05, 4.69) is 20.8 Å². The van der Waals surface area contributed by atoms with E-state index in [-0.39, 0.29) is 29.0 Å². The van der Waals surface area contributed by atoms with Crippen molar-refractivity contribution in [3.63, 3.8) is 0 Å². The van der Waals surface area contributed by atoms with Crippen LogP contribution in [0, 0.1) is 17.8 Å². The van der Waals surface area contributed by atoms with Crippen LogP contribution in [-0.4, -0.2) is 39.9 Å². The van der Waals surface area contributed by atoms with Gasteiger partial charge in [-0.3, -0.25) is 4.79 Å². The molecule has 4 nitrogen and oxygen atoms in total. The highest BCUT2D eigenvalue weighted by Crippen LogP contribution is 2.54. The molecule has 0 amide bonds. The van der Waals surface area contributed by atoms with E-state index < -0.39 is 5.60 Å². The Morgan fingerprint density at radius 2 is 1.65 bits per heavy atom. The summed E-state index contributed by atoms with van der Waals surface area (Å²) in [5.74, 6) is 0.724. The zero-order valence-corrected chi connectivity index (χ0v) is 14.8. The highest BCUT2D eigenvalue weighted by Gasteiger charge is 2.60. The van der Waals surface area contributed by atoms with Crippen molar-refractivity contribution in [3.05, 3.63) is 0 Å². The molecule has 4 fully saturated rings. The van der Waals surface area contributed by atoms with Crippen LogP contribution in [0.3, 0.4) is 0 Å². The lowest BCUT2D eigenvalue weighted by Crippen LogP contribution is -2.53. The van der Waals surface area contributed by atoms with Crippen molar-refractivity contribution in [3.8, 4) is 0 Å². The summed E-state index contributed by atoms with van der Waals surface area (Å²) in [4.78, 5) is 12.5. The first kappa shape index (κ1) is 16.0. The summed E-state index contributed by atoms with van der Waals surface area (Å²) in [6.07, 6.45) is 5.96. The van der Waals surface area contributed by atoms with E-state index in [1.54, 1.807) is 6.92 Å². The average Bonchev–Trinajstić information content (AvgIpc) is 3.30. The number of aliphatic hydroxyl groups is 1. The number of carbonyl (C=O) groups excluding carboxylic acids is 1. The lowest BCUT2D eigenvalue weighted by atomic mass is 9.61. The van der Waals surface area contributed by atoms with E-state index in [9.17, 15) is 9.90 Å². The Hall–Kier alpha value is -0.450. The molecule has 1 N–H and O–H groups in total. The molecule has 2 heterocycles. The Kier molecular flexibility index (Phi) is 3.35. The molecule has 0 aromatic carbocycles. The Bertz CT molecular complexity index is 529. The Morgan fingerprint density at radius 3 is 2.39 bits per heavy atom. The molecule has 4 aliphatic rings. The summed E-state index contributed by atoms with van der Waals surface area (Å²) in [5.41, 5.74) is -1.27. The predicted molar refractivity (Wildman–Crippen MR) is 86.0 cm³/mol. The molecule has 0 aromatic heterocycles. The fourth-order valence-electron chi connectivity index (χ4n) is 5.34. The Balaban J connectivity index is 1.61. The summed E-state index contributed by atoms with van der Waals surface area (Å²) < 4.78 is 12.0. The van der Waals surface area contributed by atoms with Gasteiger partial charge < -0.3 is 14.6 Å². The summed E-state index contributed by atoms with van der Waals surface area (Å²) >= 11 is 0. The van der Waals surface area contributed by atoms with Gasteiger partial charge in [0.05, 0.1) is 23.4 Å². The molecule has 4 heteroatoms. The van der Waals surface area contributed by atoms with Crippen LogP contribution in [0.5, 0.6) is 0 Å². The van der Waals surface area contributed by atoms with Gasteiger partial charge in [0.1, 0.15) is 5.60 Å². The van der Waals surface area contributed by atoms with Crippen molar-refractivity contribution in [2.45, 2.75) is 95.2 Å². The summed E-state index contributed by atoms with van der Waals surface area (Å²) in [6, 6.07) is 0. The first-order valence-corrected chi connectivity index (χ1v) is 9.27. The number of carbonyl (C=O) groups is 1. The van der Waals surface area contributed by atoms with Crippen molar-refractivity contribution in [1.29, 1.82) is 0 Å². The van der Waals surface area contributed by atoms with Crippen molar-refractivity contribution in [2.24, 2.45) is 17.8 Å². The monoisotopic (exact) mass is 322 g/mol. The number of hydrogen-bond acceptors (Lipinski definition) is 4. The van der Waals surface area contributed by atoms with Gasteiger partial charge in [-0.25, -0.2) is 0 Å². The van der Waals surface area contributed by atoms with E-state index in [0.717, 1.165) is 32.1 Å². The smallest absolute Gasteiger partial charge is 0.164 e. The number of ether oxygens (including phenoxy) is 2. The molecule has 2 aliphatic carbocycles. The second-order valence-electron chi connectivity index (χ2n) is 9.15. The molecule has 0 radical (unpaired) electrons. The van der Waals surface area contributed by atoms with Gasteiger partial charge in [-0.1, -0.05) is 6.92 Å². The zero-order chi connectivity index (χ0) is 16.6. The van der Waals surface area contributed by atoms with E-state index in [4.69, 9.17) is 9.47 Å². The van der Waals surface area contributed by atoms with Gasteiger partial charge >= 0.3 is 0 Å². The molecule has 2 bridgehead atoms. The third-order valence-electron chi connectivity index (χ3n) is 7.55. The number of fused-ring (bicyclic) bond motifs is 4. The number of ketones is 1. The molecule has 8 atom stereocenters. The average molecular weight is 322 g/mol. The third kappa shape index (κ3) is 2.49. The molecule has 23 heavy (non-hydrogen) atoms. The van der Waals surface area contributed by atoms with Crippen LogP contribution < -0.4 is 0 Å². The lowest BCUT2D eigenvalue weighted by molar-refractivity contribution is -0.154. The number of epoxide rings is 2. The second kappa shape index (κ2) is 4.80. The maximum absolute atomic E-state index is 12.5. The van der Waals surface area contributed by atoms with Crippen LogP contribution in [0.2, 0.25) is 0 Å². The van der Waals surface area contributed by atoms with E-state index in [1.165, 1.54) is 0 Å². The highest BCUT2D eigenvalue weighted by molar-refractivity contribution is 5.88. The molecule has 2 aliphatic heterocycles. The van der Waals surface area contributed by atoms with Crippen LogP contribution in [0.4, 0.5) is 0 Å². The van der Waals surface area contributed by atoms with E-state index in [0.29, 0.717) is 24.4 Å². The zero-order valence-electron chi connectivity index (χ0n) is 14.8. The topological polar surface area (TPSA) is 62.4 Å². The molecule has 130 valence electrons. The van der Waals surface area contributed by atoms with Crippen LogP contribution >= 0.6 is 0 Å². The molecule has 4 rings (SSSR count). The van der Waals surface area contributed by atoms with Crippen LogP contribution in [0.1, 0.15) is 66.2 Å². The molecular formula is C19H30O4. The summed E-state index contributed by atoms with van der Waals surface area (Å²) in [7, 11) is 0. The number of Topliss-reactive ketones (excluding diaryl/α,β-unsaturated/α-hetero) is 1. The largest absolute Gasteiger partial charge is 0.382 e. The van der Waals surface area contributed by atoms with Crippen molar-refractivity contribution in [1.82, 2.24) is 0 Å². The fourth-order valence-corrected chi connectivity index (χ4v) is 5.34. The minimum absolute atomic E-state index is 0.0171. The maximum Gasteiger partial charge on any atom is 0.164 e. The molecular weight excluding hydrogens is 292 g/mol. The standard InChI is InChI=1S/C19H30O4/c1-11-12-9-14(20)19(4,21)13(11)5-7-17(2)15(22-17)6-8-18(3)16(10-12)23-18/h11-13,15-16,21H,5-10H2,1-4H3. The minimum atomic E-state index is -1.19. The first-order valence-electron chi connectivity index (χ1n) is 9.27. The highest BCUT2D eigenvalue weighted by atomic mass is 16.6. The summed E-state index contributed by atoms with van der Waals surface area (Å²) in [6.45, 7) is 8.32. The second-order valence-corrected chi connectivity index (χ2v) is 9.15. The van der Waals surface area contributed by atoms with Crippen molar-refractivity contribution >= 4 is 5.78 Å². The number of hydrogen-bond donors (Lipinski definition) is 1. The van der Waals surface area contributed by atoms with Gasteiger partial charge in [0.2, 0.25) is 0 Å². The maximum atomic E-state index is 12.5. The Morgan fingerprint density at radius 1 is 1.04 bits per heavy atom. The minimum Gasteiger partial charge on any atom is -0.382 e. The Labute approximate surface area is 138 Å². The van der Waals surface area contributed by atoms with E-state index >= 15 is 0 Å². The van der Waals surface area contributed by atoms with Crippen LogP contribution in [0.15, 0.2) is 0 Å². The first-order chi connectivity index (χ1) is 10.7. The van der Waals surface area contributed by atoms with Crippen LogP contribution in [0.25, 0.3) is 0 Å². The third-order valence-corrected chi connectivity index (χ3v) is 7.55. The SMILES string of the molecule is CC1C2CC(=O)C(C)(O)C1CCC1(C)OC1CCC1(C)OC1C2. The molecule has 8 unspecified atom stereocenters. The molecule has 0 spiro atoms. The van der Waals surface area contributed by atoms with Gasteiger partial charge in [-0.2, -0.15) is 0 Å². The van der Waals surface area contributed by atoms with Gasteiger partial charge in [-0.05, 0) is 70.6 Å². The summed E-state index contributed by atoms with van der Waals surface area (Å²) in [5, 5.41) is 10.8. The predicted octanol–water partition coefficient (Wildman–Crippen LogP) is 2.86. The van der Waals surface area contributed by atoms with Gasteiger partial charge in [0.25, 0.3) is 0 Å². The van der Waals surface area contributed by atoms with Crippen molar-refractivity contribution < 1.29 is 19.4 Å².